The second kappa shape index (κ2) is 4.51. The second-order valence-electron chi connectivity index (χ2n) is 4.23. The van der Waals surface area contributed by atoms with E-state index in [4.69, 9.17) is 0 Å². The van der Waals surface area contributed by atoms with Crippen LogP contribution in [0, 0.1) is 13.8 Å². The third-order valence-electron chi connectivity index (χ3n) is 3.00. The molecule has 1 saturated heterocycles. The number of likely N-dealkylation sites (tertiary alicyclic amines) is 1. The van der Waals surface area contributed by atoms with Crippen molar-refractivity contribution in [2.24, 2.45) is 0 Å². The van der Waals surface area contributed by atoms with E-state index in [0.717, 1.165) is 23.7 Å². The molecule has 88 valence electrons. The van der Waals surface area contributed by atoms with Crippen molar-refractivity contribution in [2.75, 3.05) is 13.6 Å². The summed E-state index contributed by atoms with van der Waals surface area (Å²) < 4.78 is 0. The maximum Gasteiger partial charge on any atom is 0.239 e. The van der Waals surface area contributed by atoms with Crippen LogP contribution in [0.15, 0.2) is 0 Å². The maximum absolute atomic E-state index is 11.6. The van der Waals surface area contributed by atoms with Gasteiger partial charge in [0.25, 0.3) is 0 Å². The fourth-order valence-electron chi connectivity index (χ4n) is 1.84. The first-order valence-corrected chi connectivity index (χ1v) is 6.31. The molecule has 1 N–H and O–H groups in total. The lowest BCUT2D eigenvalue weighted by Crippen LogP contribution is -2.36. The molecule has 1 aromatic heterocycles. The second-order valence-corrected chi connectivity index (χ2v) is 5.52. The van der Waals surface area contributed by atoms with Crippen molar-refractivity contribution in [3.63, 3.8) is 0 Å². The zero-order valence-corrected chi connectivity index (χ0v) is 10.7. The molecule has 1 aliphatic rings. The number of nitrogens with zero attached hydrogens (tertiary/aromatic N) is 2. The number of carbonyl (C=O) groups is 1. The van der Waals surface area contributed by atoms with Gasteiger partial charge in [-0.3, -0.25) is 10.1 Å². The summed E-state index contributed by atoms with van der Waals surface area (Å²) in [6.07, 6.45) is 0.901. The Morgan fingerprint density at radius 1 is 1.56 bits per heavy atom. The van der Waals surface area contributed by atoms with E-state index in [1.165, 1.54) is 4.88 Å². The number of rotatable bonds is 3. The monoisotopic (exact) mass is 239 g/mol. The van der Waals surface area contributed by atoms with Crippen LogP contribution in [-0.2, 0) is 11.3 Å². The molecule has 0 aromatic carbocycles. The average molecular weight is 239 g/mol. The quantitative estimate of drug-likeness (QED) is 0.858. The SMILES string of the molecule is Cc1nc(CNC2CCN(C)C2=O)sc1C. The number of aryl methyl sites for hydroxylation is 2. The van der Waals surface area contributed by atoms with E-state index < -0.39 is 0 Å². The summed E-state index contributed by atoms with van der Waals surface area (Å²) in [5.41, 5.74) is 1.09. The van der Waals surface area contributed by atoms with Crippen molar-refractivity contribution in [2.45, 2.75) is 32.9 Å². The Morgan fingerprint density at radius 2 is 2.31 bits per heavy atom. The number of amides is 1. The van der Waals surface area contributed by atoms with Gasteiger partial charge in [0.05, 0.1) is 11.7 Å². The standard InChI is InChI=1S/C11H17N3OS/c1-7-8(2)16-10(13-7)6-12-9-4-5-14(3)11(9)15/h9,12H,4-6H2,1-3H3. The zero-order chi connectivity index (χ0) is 11.7. The normalized spacial score (nSPS) is 20.8. The molecule has 16 heavy (non-hydrogen) atoms. The lowest BCUT2D eigenvalue weighted by atomic mass is 10.2. The van der Waals surface area contributed by atoms with Gasteiger partial charge in [0, 0.05) is 25.0 Å². The van der Waals surface area contributed by atoms with Gasteiger partial charge >= 0.3 is 0 Å². The van der Waals surface area contributed by atoms with E-state index in [0.29, 0.717) is 6.54 Å². The van der Waals surface area contributed by atoms with Gasteiger partial charge in [-0.2, -0.15) is 0 Å². The fourth-order valence-corrected chi connectivity index (χ4v) is 2.72. The number of nitrogens with one attached hydrogen (secondary N) is 1. The number of aromatic nitrogens is 1. The van der Waals surface area contributed by atoms with E-state index in [2.05, 4.69) is 17.2 Å². The minimum absolute atomic E-state index is 0.0190. The summed E-state index contributed by atoms with van der Waals surface area (Å²) in [4.78, 5) is 19.1. The van der Waals surface area contributed by atoms with Gasteiger partial charge in [-0.05, 0) is 20.3 Å². The zero-order valence-electron chi connectivity index (χ0n) is 9.91. The maximum atomic E-state index is 11.6. The van der Waals surface area contributed by atoms with Gasteiger partial charge in [-0.1, -0.05) is 0 Å². The molecular weight excluding hydrogens is 222 g/mol. The number of likely N-dealkylation sites (N-methyl/N-ethyl adjacent to an activating group) is 1. The molecule has 0 bridgehead atoms. The fraction of sp³-hybridized carbons (Fsp3) is 0.636. The van der Waals surface area contributed by atoms with E-state index in [-0.39, 0.29) is 11.9 Å². The Bertz CT molecular complexity index is 382. The highest BCUT2D eigenvalue weighted by Gasteiger charge is 2.28. The minimum atomic E-state index is -0.0190. The van der Waals surface area contributed by atoms with Crippen LogP contribution in [0.3, 0.4) is 0 Å². The number of carbonyl (C=O) groups excluding carboxylic acids is 1. The molecule has 4 nitrogen and oxygen atoms in total. The summed E-state index contributed by atoms with van der Waals surface area (Å²) >= 11 is 1.70. The first-order valence-electron chi connectivity index (χ1n) is 5.49. The van der Waals surface area contributed by atoms with E-state index in [9.17, 15) is 4.79 Å². The van der Waals surface area contributed by atoms with Crippen LogP contribution in [0.5, 0.6) is 0 Å². The molecule has 1 aliphatic heterocycles. The molecule has 1 amide bonds. The van der Waals surface area contributed by atoms with E-state index in [1.54, 1.807) is 16.2 Å². The molecule has 1 aromatic rings. The van der Waals surface area contributed by atoms with Crippen molar-refractivity contribution < 1.29 is 4.79 Å². The lowest BCUT2D eigenvalue weighted by Gasteiger charge is -2.10. The summed E-state index contributed by atoms with van der Waals surface area (Å²) in [6, 6.07) is -0.0190. The largest absolute Gasteiger partial charge is 0.344 e. The van der Waals surface area contributed by atoms with Gasteiger partial charge in [-0.15, -0.1) is 11.3 Å². The first-order chi connectivity index (χ1) is 7.58. The predicted molar refractivity (Wildman–Crippen MR) is 64.5 cm³/mol. The van der Waals surface area contributed by atoms with Crippen molar-refractivity contribution in [1.29, 1.82) is 0 Å². The summed E-state index contributed by atoms with van der Waals surface area (Å²) in [6.45, 7) is 5.64. The number of hydrogen-bond donors (Lipinski definition) is 1. The summed E-state index contributed by atoms with van der Waals surface area (Å²) in [7, 11) is 1.85. The highest BCUT2D eigenvalue weighted by Crippen LogP contribution is 2.17. The lowest BCUT2D eigenvalue weighted by molar-refractivity contribution is -0.128. The van der Waals surface area contributed by atoms with Crippen molar-refractivity contribution >= 4 is 17.2 Å². The molecule has 1 unspecified atom stereocenters. The van der Waals surface area contributed by atoms with Crippen LogP contribution in [0.1, 0.15) is 22.0 Å². The van der Waals surface area contributed by atoms with Crippen molar-refractivity contribution in [3.05, 3.63) is 15.6 Å². The Morgan fingerprint density at radius 3 is 2.81 bits per heavy atom. The molecule has 0 saturated carbocycles. The van der Waals surface area contributed by atoms with Crippen LogP contribution in [-0.4, -0.2) is 35.4 Å². The van der Waals surface area contributed by atoms with Gasteiger partial charge in [0.1, 0.15) is 5.01 Å². The highest BCUT2D eigenvalue weighted by molar-refractivity contribution is 7.11. The molecule has 1 atom stereocenters. The highest BCUT2D eigenvalue weighted by atomic mass is 32.1. The number of thiazole rings is 1. The predicted octanol–water partition coefficient (Wildman–Crippen LogP) is 1.08. The smallest absolute Gasteiger partial charge is 0.239 e. The van der Waals surface area contributed by atoms with E-state index >= 15 is 0 Å². The third kappa shape index (κ3) is 2.25. The van der Waals surface area contributed by atoms with Crippen molar-refractivity contribution in [1.82, 2.24) is 15.2 Å². The molecule has 1 fully saturated rings. The molecule has 0 spiro atoms. The average Bonchev–Trinajstić information content (AvgIpc) is 2.72. The third-order valence-corrected chi connectivity index (χ3v) is 4.07. The van der Waals surface area contributed by atoms with Gasteiger partial charge in [-0.25, -0.2) is 4.98 Å². The summed E-state index contributed by atoms with van der Waals surface area (Å²) in [5, 5.41) is 4.34. The van der Waals surface area contributed by atoms with Gasteiger partial charge in [0.2, 0.25) is 5.91 Å². The molecule has 2 heterocycles. The van der Waals surface area contributed by atoms with Gasteiger partial charge < -0.3 is 4.90 Å². The van der Waals surface area contributed by atoms with Crippen molar-refractivity contribution in [3.8, 4) is 0 Å². The molecule has 5 heteroatoms. The molecular formula is C11H17N3OS. The number of hydrogen-bond acceptors (Lipinski definition) is 4. The van der Waals surface area contributed by atoms with E-state index in [1.807, 2.05) is 14.0 Å². The van der Waals surface area contributed by atoms with Crippen LogP contribution in [0.4, 0.5) is 0 Å². The Kier molecular flexibility index (Phi) is 3.25. The van der Waals surface area contributed by atoms with Crippen LogP contribution >= 0.6 is 11.3 Å². The summed E-state index contributed by atoms with van der Waals surface area (Å²) in [5.74, 6) is 0.199. The van der Waals surface area contributed by atoms with Crippen LogP contribution in [0.2, 0.25) is 0 Å². The Hall–Kier alpha value is -0.940. The first kappa shape index (κ1) is 11.5. The van der Waals surface area contributed by atoms with Gasteiger partial charge in [0.15, 0.2) is 0 Å². The van der Waals surface area contributed by atoms with Crippen LogP contribution < -0.4 is 5.32 Å². The Labute approximate surface area is 99.7 Å². The topological polar surface area (TPSA) is 45.2 Å². The molecule has 0 radical (unpaired) electrons. The molecule has 0 aliphatic carbocycles. The minimum Gasteiger partial charge on any atom is -0.344 e. The Balaban J connectivity index is 1.90. The van der Waals surface area contributed by atoms with Crippen LogP contribution in [0.25, 0.3) is 0 Å². The molecule has 2 rings (SSSR count).